The van der Waals surface area contributed by atoms with Crippen molar-refractivity contribution in [2.24, 2.45) is 5.10 Å². The number of aryl methyl sites for hydroxylation is 1. The highest BCUT2D eigenvalue weighted by molar-refractivity contribution is 7.71. The van der Waals surface area contributed by atoms with Crippen molar-refractivity contribution in [3.8, 4) is 11.5 Å². The molecule has 0 radical (unpaired) electrons. The van der Waals surface area contributed by atoms with Gasteiger partial charge in [0, 0.05) is 10.6 Å². The Morgan fingerprint density at radius 3 is 2.61 bits per heavy atom. The molecule has 0 aliphatic heterocycles. The number of benzene rings is 2. The van der Waals surface area contributed by atoms with Gasteiger partial charge in [-0.2, -0.15) is 14.9 Å². The fourth-order valence-corrected chi connectivity index (χ4v) is 3.25. The number of ether oxygens (including phenoxy) is 2. The Morgan fingerprint density at radius 1 is 1.18 bits per heavy atom. The standard InChI is InChI=1S/C18H15Cl3N4O2S/c1-10-23-24-18(28)25(10)22-8-11-3-6-15(16(7-11)26-2)27-9-12-13(19)4-5-14(20)17(12)21/h3-8H,9H2,1-2H3,(H,24,28)/b22-8-. The molecule has 3 aromatic rings. The lowest BCUT2D eigenvalue weighted by Gasteiger charge is -2.13. The van der Waals surface area contributed by atoms with Crippen LogP contribution in [0, 0.1) is 11.7 Å². The Morgan fingerprint density at radius 2 is 1.93 bits per heavy atom. The summed E-state index contributed by atoms with van der Waals surface area (Å²) in [6.45, 7) is 1.94. The summed E-state index contributed by atoms with van der Waals surface area (Å²) in [5, 5.41) is 12.3. The maximum Gasteiger partial charge on any atom is 0.216 e. The fourth-order valence-electron chi connectivity index (χ4n) is 2.37. The fraction of sp³-hybridized carbons (Fsp3) is 0.167. The van der Waals surface area contributed by atoms with E-state index in [9.17, 15) is 0 Å². The van der Waals surface area contributed by atoms with Crippen LogP contribution in [-0.2, 0) is 6.61 Å². The van der Waals surface area contributed by atoms with Crippen LogP contribution in [0.1, 0.15) is 17.0 Å². The van der Waals surface area contributed by atoms with Gasteiger partial charge in [-0.15, -0.1) is 0 Å². The molecule has 0 fully saturated rings. The number of hydrogen-bond acceptors (Lipinski definition) is 5. The Bertz CT molecular complexity index is 1090. The van der Waals surface area contributed by atoms with Crippen molar-refractivity contribution in [1.29, 1.82) is 0 Å². The number of hydrogen-bond donors (Lipinski definition) is 1. The van der Waals surface area contributed by atoms with Gasteiger partial charge in [0.15, 0.2) is 11.5 Å². The zero-order valence-corrected chi connectivity index (χ0v) is 18.0. The molecule has 0 unspecified atom stereocenters. The normalized spacial score (nSPS) is 11.2. The molecule has 6 nitrogen and oxygen atoms in total. The topological polar surface area (TPSA) is 64.4 Å². The highest BCUT2D eigenvalue weighted by Gasteiger charge is 2.12. The van der Waals surface area contributed by atoms with Gasteiger partial charge in [-0.3, -0.25) is 5.10 Å². The molecule has 0 spiro atoms. The van der Waals surface area contributed by atoms with Gasteiger partial charge in [0.05, 0.1) is 23.4 Å². The molecule has 0 aliphatic rings. The maximum atomic E-state index is 6.22. The van der Waals surface area contributed by atoms with E-state index in [0.29, 0.717) is 42.7 Å². The lowest BCUT2D eigenvalue weighted by Crippen LogP contribution is -2.00. The predicted molar refractivity (Wildman–Crippen MR) is 114 cm³/mol. The minimum atomic E-state index is 0.144. The van der Waals surface area contributed by atoms with Crippen molar-refractivity contribution < 1.29 is 9.47 Å². The van der Waals surface area contributed by atoms with Gasteiger partial charge < -0.3 is 9.47 Å². The Balaban J connectivity index is 1.81. The molecule has 0 atom stereocenters. The first-order valence-corrected chi connectivity index (χ1v) is 9.56. The second kappa shape index (κ2) is 8.96. The monoisotopic (exact) mass is 456 g/mol. The molecule has 0 bridgehead atoms. The van der Waals surface area contributed by atoms with Gasteiger partial charge in [-0.1, -0.05) is 34.8 Å². The maximum absolute atomic E-state index is 6.22. The summed E-state index contributed by atoms with van der Waals surface area (Å²) in [5.41, 5.74) is 1.40. The molecular formula is C18H15Cl3N4O2S. The quantitative estimate of drug-likeness (QED) is 0.294. The molecule has 1 N–H and O–H groups in total. The highest BCUT2D eigenvalue weighted by Crippen LogP contribution is 2.34. The van der Waals surface area contributed by atoms with E-state index >= 15 is 0 Å². The molecule has 28 heavy (non-hydrogen) atoms. The van der Waals surface area contributed by atoms with Crippen LogP contribution < -0.4 is 9.47 Å². The third-order valence-corrected chi connectivity index (χ3v) is 5.29. The molecule has 2 aromatic carbocycles. The van der Waals surface area contributed by atoms with Gasteiger partial charge in [0.25, 0.3) is 0 Å². The molecule has 1 heterocycles. The molecule has 10 heteroatoms. The second-order valence-corrected chi connectivity index (χ2v) is 7.23. The van der Waals surface area contributed by atoms with Crippen molar-refractivity contribution in [2.75, 3.05) is 7.11 Å². The van der Waals surface area contributed by atoms with E-state index in [-0.39, 0.29) is 6.61 Å². The van der Waals surface area contributed by atoms with E-state index in [1.54, 1.807) is 44.5 Å². The average Bonchev–Trinajstić information content (AvgIpc) is 3.01. The highest BCUT2D eigenvalue weighted by atomic mass is 35.5. The van der Waals surface area contributed by atoms with E-state index < -0.39 is 0 Å². The molecule has 3 rings (SSSR count). The number of aromatic nitrogens is 3. The van der Waals surface area contributed by atoms with E-state index in [1.165, 1.54) is 4.68 Å². The van der Waals surface area contributed by atoms with Crippen LogP contribution in [0.3, 0.4) is 0 Å². The Labute approximate surface area is 181 Å². The molecule has 1 aromatic heterocycles. The molecule has 146 valence electrons. The van der Waals surface area contributed by atoms with Crippen molar-refractivity contribution in [3.63, 3.8) is 0 Å². The first kappa shape index (κ1) is 20.7. The summed E-state index contributed by atoms with van der Waals surface area (Å²) < 4.78 is 13.2. The van der Waals surface area contributed by atoms with Crippen LogP contribution in [0.4, 0.5) is 0 Å². The van der Waals surface area contributed by atoms with Gasteiger partial charge in [0.2, 0.25) is 4.77 Å². The number of nitrogens with zero attached hydrogens (tertiary/aromatic N) is 3. The number of halogens is 3. The number of aromatic amines is 1. The second-order valence-electron chi connectivity index (χ2n) is 5.65. The molecule has 0 saturated carbocycles. The smallest absolute Gasteiger partial charge is 0.216 e. The minimum absolute atomic E-state index is 0.144. The van der Waals surface area contributed by atoms with Gasteiger partial charge >= 0.3 is 0 Å². The third kappa shape index (κ3) is 4.50. The third-order valence-electron chi connectivity index (χ3n) is 3.83. The first-order chi connectivity index (χ1) is 13.4. The number of rotatable bonds is 6. The van der Waals surface area contributed by atoms with Crippen molar-refractivity contribution in [2.45, 2.75) is 13.5 Å². The summed E-state index contributed by atoms with van der Waals surface area (Å²) in [6, 6.07) is 8.71. The molecule has 0 amide bonds. The summed E-state index contributed by atoms with van der Waals surface area (Å²) in [4.78, 5) is 0. The van der Waals surface area contributed by atoms with E-state index in [4.69, 9.17) is 56.5 Å². The van der Waals surface area contributed by atoms with Crippen molar-refractivity contribution in [1.82, 2.24) is 14.9 Å². The van der Waals surface area contributed by atoms with E-state index in [0.717, 1.165) is 5.56 Å². The van der Waals surface area contributed by atoms with Crippen LogP contribution in [0.2, 0.25) is 15.1 Å². The lowest BCUT2D eigenvalue weighted by molar-refractivity contribution is 0.284. The van der Waals surface area contributed by atoms with Crippen LogP contribution in [-0.4, -0.2) is 28.2 Å². The van der Waals surface area contributed by atoms with Crippen LogP contribution >= 0.6 is 47.0 Å². The number of nitrogens with one attached hydrogen (secondary N) is 1. The van der Waals surface area contributed by atoms with E-state index in [1.807, 2.05) is 6.07 Å². The molecule has 0 aliphatic carbocycles. The largest absolute Gasteiger partial charge is 0.493 e. The summed E-state index contributed by atoms with van der Waals surface area (Å²) >= 11 is 23.6. The Kier molecular flexibility index (Phi) is 6.61. The van der Waals surface area contributed by atoms with Crippen LogP contribution in [0.5, 0.6) is 11.5 Å². The van der Waals surface area contributed by atoms with Crippen molar-refractivity contribution >= 4 is 53.2 Å². The van der Waals surface area contributed by atoms with Gasteiger partial charge in [0.1, 0.15) is 12.4 Å². The number of methoxy groups -OCH3 is 1. The molecule has 0 saturated heterocycles. The summed E-state index contributed by atoms with van der Waals surface area (Å²) in [7, 11) is 1.55. The van der Waals surface area contributed by atoms with Gasteiger partial charge in [-0.05, 0) is 55.0 Å². The van der Waals surface area contributed by atoms with Crippen molar-refractivity contribution in [3.05, 3.63) is 67.1 Å². The predicted octanol–water partition coefficient (Wildman–Crippen LogP) is 5.68. The van der Waals surface area contributed by atoms with Crippen LogP contribution in [0.25, 0.3) is 0 Å². The number of H-pyrrole nitrogens is 1. The summed E-state index contributed by atoms with van der Waals surface area (Å²) in [5.74, 6) is 1.72. The zero-order chi connectivity index (χ0) is 20.3. The van der Waals surface area contributed by atoms with E-state index in [2.05, 4.69) is 15.3 Å². The minimum Gasteiger partial charge on any atom is -0.493 e. The SMILES string of the molecule is COc1cc(/C=N\n2c(C)n[nH]c2=S)ccc1OCc1c(Cl)ccc(Cl)c1Cl. The first-order valence-electron chi connectivity index (χ1n) is 8.02. The molecular weight excluding hydrogens is 443 g/mol. The van der Waals surface area contributed by atoms with Crippen LogP contribution in [0.15, 0.2) is 35.4 Å². The Hall–Kier alpha value is -2.06. The zero-order valence-electron chi connectivity index (χ0n) is 14.9. The van der Waals surface area contributed by atoms with Gasteiger partial charge in [-0.25, -0.2) is 0 Å². The average molecular weight is 458 g/mol. The lowest BCUT2D eigenvalue weighted by atomic mass is 10.2. The summed E-state index contributed by atoms with van der Waals surface area (Å²) in [6.07, 6.45) is 1.65.